The van der Waals surface area contributed by atoms with Crippen LogP contribution in [0.25, 0.3) is 0 Å². The topological polar surface area (TPSA) is 69.6 Å². The fraction of sp³-hybridized carbons (Fsp3) is 0.867. The van der Waals surface area contributed by atoms with Gasteiger partial charge in [-0.3, -0.25) is 9.59 Å². The molecule has 1 saturated carbocycles. The van der Waals surface area contributed by atoms with E-state index in [4.69, 9.17) is 5.11 Å². The molecule has 0 aromatic carbocycles. The van der Waals surface area contributed by atoms with Crippen molar-refractivity contribution in [1.82, 2.24) is 10.2 Å². The highest BCUT2D eigenvalue weighted by molar-refractivity contribution is 5.76. The number of rotatable bonds is 7. The highest BCUT2D eigenvalue weighted by Gasteiger charge is 2.27. The molecule has 1 aliphatic carbocycles. The van der Waals surface area contributed by atoms with Gasteiger partial charge in [0.1, 0.15) is 0 Å². The number of carboxylic acids is 1. The molecular formula is C15H26N2O3. The van der Waals surface area contributed by atoms with E-state index in [1.54, 1.807) is 0 Å². The van der Waals surface area contributed by atoms with Crippen molar-refractivity contribution in [1.29, 1.82) is 0 Å². The molecule has 0 radical (unpaired) electrons. The van der Waals surface area contributed by atoms with Crippen molar-refractivity contribution in [3.05, 3.63) is 0 Å². The van der Waals surface area contributed by atoms with Gasteiger partial charge in [-0.2, -0.15) is 0 Å². The third-order valence-corrected chi connectivity index (χ3v) is 4.44. The Kier molecular flexibility index (Phi) is 5.40. The highest BCUT2D eigenvalue weighted by atomic mass is 16.4. The van der Waals surface area contributed by atoms with Crippen LogP contribution < -0.4 is 5.32 Å². The van der Waals surface area contributed by atoms with Crippen molar-refractivity contribution < 1.29 is 14.7 Å². The Morgan fingerprint density at radius 1 is 1.35 bits per heavy atom. The van der Waals surface area contributed by atoms with E-state index in [1.807, 2.05) is 6.92 Å². The van der Waals surface area contributed by atoms with E-state index >= 15 is 0 Å². The number of hydrogen-bond donors (Lipinski definition) is 2. The van der Waals surface area contributed by atoms with Crippen molar-refractivity contribution in [3.63, 3.8) is 0 Å². The van der Waals surface area contributed by atoms with Gasteiger partial charge >= 0.3 is 5.97 Å². The molecule has 5 nitrogen and oxygen atoms in total. The lowest BCUT2D eigenvalue weighted by Gasteiger charge is -2.35. The summed E-state index contributed by atoms with van der Waals surface area (Å²) in [5.74, 6) is 0.119. The number of amides is 1. The van der Waals surface area contributed by atoms with E-state index in [1.165, 1.54) is 0 Å². The van der Waals surface area contributed by atoms with Crippen LogP contribution in [-0.4, -0.2) is 47.6 Å². The second-order valence-corrected chi connectivity index (χ2v) is 6.37. The minimum absolute atomic E-state index is 0.160. The first-order chi connectivity index (χ1) is 9.54. The maximum Gasteiger partial charge on any atom is 0.303 e. The second-order valence-electron chi connectivity index (χ2n) is 6.37. The number of likely N-dealkylation sites (tertiary alicyclic amines) is 1. The normalized spacial score (nSPS) is 25.1. The standard InChI is InChI=1S/C15H26N2O3/c1-11(9-15(19)20)12-3-2-7-17(10-12)8-6-14(18)16-13-4-5-13/h11-13H,2-10H2,1H3,(H,16,18)(H,19,20). The molecule has 0 aromatic rings. The third kappa shape index (κ3) is 5.12. The fourth-order valence-corrected chi connectivity index (χ4v) is 2.99. The minimum atomic E-state index is -0.710. The van der Waals surface area contributed by atoms with Gasteiger partial charge in [0.05, 0.1) is 0 Å². The Morgan fingerprint density at radius 3 is 2.75 bits per heavy atom. The average molecular weight is 282 g/mol. The number of aliphatic carboxylic acids is 1. The molecule has 2 unspecified atom stereocenters. The molecule has 114 valence electrons. The number of carbonyl (C=O) groups excluding carboxylic acids is 1. The molecule has 0 bridgehead atoms. The van der Waals surface area contributed by atoms with Crippen molar-refractivity contribution in [2.75, 3.05) is 19.6 Å². The molecular weight excluding hydrogens is 256 g/mol. The van der Waals surface area contributed by atoms with Crippen LogP contribution in [0.3, 0.4) is 0 Å². The molecule has 2 N–H and O–H groups in total. The van der Waals surface area contributed by atoms with E-state index in [0.29, 0.717) is 18.4 Å². The van der Waals surface area contributed by atoms with Gasteiger partial charge in [0.25, 0.3) is 0 Å². The number of nitrogens with zero attached hydrogens (tertiary/aromatic N) is 1. The van der Waals surface area contributed by atoms with E-state index < -0.39 is 5.97 Å². The summed E-state index contributed by atoms with van der Waals surface area (Å²) < 4.78 is 0. The molecule has 5 heteroatoms. The lowest BCUT2D eigenvalue weighted by molar-refractivity contribution is -0.138. The molecule has 1 amide bonds. The summed E-state index contributed by atoms with van der Waals surface area (Å²) in [6.45, 7) is 4.80. The molecule has 20 heavy (non-hydrogen) atoms. The van der Waals surface area contributed by atoms with Crippen LogP contribution in [0.2, 0.25) is 0 Å². The SMILES string of the molecule is CC(CC(=O)O)C1CCCN(CCC(=O)NC2CC2)C1. The first-order valence-corrected chi connectivity index (χ1v) is 7.78. The Bertz CT molecular complexity index is 355. The predicted octanol–water partition coefficient (Wildman–Crippen LogP) is 1.48. The molecule has 1 aliphatic heterocycles. The van der Waals surface area contributed by atoms with Crippen LogP contribution in [0.5, 0.6) is 0 Å². The molecule has 2 rings (SSSR count). The first-order valence-electron chi connectivity index (χ1n) is 7.78. The number of carboxylic acid groups (broad SMARTS) is 1. The molecule has 2 fully saturated rings. The molecule has 0 aromatic heterocycles. The molecule has 1 heterocycles. The average Bonchev–Trinajstić information content (AvgIpc) is 3.20. The zero-order valence-corrected chi connectivity index (χ0v) is 12.3. The van der Waals surface area contributed by atoms with E-state index in [2.05, 4.69) is 10.2 Å². The maximum absolute atomic E-state index is 11.7. The number of hydrogen-bond acceptors (Lipinski definition) is 3. The Morgan fingerprint density at radius 2 is 2.10 bits per heavy atom. The summed E-state index contributed by atoms with van der Waals surface area (Å²) in [6, 6.07) is 0.437. The van der Waals surface area contributed by atoms with Crippen LogP contribution in [0.15, 0.2) is 0 Å². The van der Waals surface area contributed by atoms with Gasteiger partial charge in [-0.05, 0) is 44.1 Å². The lowest BCUT2D eigenvalue weighted by atomic mass is 9.84. The van der Waals surface area contributed by atoms with Gasteiger partial charge < -0.3 is 15.3 Å². The Balaban J connectivity index is 1.69. The van der Waals surface area contributed by atoms with Crippen LogP contribution in [0, 0.1) is 11.8 Å². The zero-order valence-electron chi connectivity index (χ0n) is 12.3. The van der Waals surface area contributed by atoms with Crippen molar-refractivity contribution in [3.8, 4) is 0 Å². The van der Waals surface area contributed by atoms with Gasteiger partial charge in [0.2, 0.25) is 5.91 Å². The van der Waals surface area contributed by atoms with Crippen molar-refractivity contribution >= 4 is 11.9 Å². The van der Waals surface area contributed by atoms with Gasteiger partial charge in [-0.1, -0.05) is 6.92 Å². The van der Waals surface area contributed by atoms with E-state index in [9.17, 15) is 9.59 Å². The summed E-state index contributed by atoms with van der Waals surface area (Å²) in [5.41, 5.74) is 0. The second kappa shape index (κ2) is 7.07. The number of carbonyl (C=O) groups is 2. The van der Waals surface area contributed by atoms with Crippen molar-refractivity contribution in [2.24, 2.45) is 11.8 Å². The minimum Gasteiger partial charge on any atom is -0.481 e. The Hall–Kier alpha value is -1.10. The molecule has 2 aliphatic rings. The molecule has 0 spiro atoms. The van der Waals surface area contributed by atoms with Gasteiger partial charge in [0, 0.05) is 32.0 Å². The maximum atomic E-state index is 11.7. The fourth-order valence-electron chi connectivity index (χ4n) is 2.99. The zero-order chi connectivity index (χ0) is 14.5. The first kappa shape index (κ1) is 15.3. The summed E-state index contributed by atoms with van der Waals surface area (Å²) in [7, 11) is 0. The summed E-state index contributed by atoms with van der Waals surface area (Å²) >= 11 is 0. The molecule has 2 atom stereocenters. The number of nitrogens with one attached hydrogen (secondary N) is 1. The predicted molar refractivity (Wildman–Crippen MR) is 76.4 cm³/mol. The summed E-state index contributed by atoms with van der Waals surface area (Å²) in [5, 5.41) is 11.9. The van der Waals surface area contributed by atoms with E-state index in [0.717, 1.165) is 45.3 Å². The van der Waals surface area contributed by atoms with Crippen LogP contribution in [0.4, 0.5) is 0 Å². The quantitative estimate of drug-likeness (QED) is 0.742. The third-order valence-electron chi connectivity index (χ3n) is 4.44. The summed E-state index contributed by atoms with van der Waals surface area (Å²) in [6.07, 6.45) is 5.30. The Labute approximate surface area is 120 Å². The number of piperidine rings is 1. The highest BCUT2D eigenvalue weighted by Crippen LogP contribution is 2.26. The van der Waals surface area contributed by atoms with E-state index in [-0.39, 0.29) is 18.2 Å². The van der Waals surface area contributed by atoms with Gasteiger partial charge in [-0.25, -0.2) is 0 Å². The van der Waals surface area contributed by atoms with Crippen LogP contribution in [-0.2, 0) is 9.59 Å². The molecule has 1 saturated heterocycles. The van der Waals surface area contributed by atoms with Gasteiger partial charge in [-0.15, -0.1) is 0 Å². The summed E-state index contributed by atoms with van der Waals surface area (Å²) in [4.78, 5) is 24.8. The van der Waals surface area contributed by atoms with Gasteiger partial charge in [0.15, 0.2) is 0 Å². The lowest BCUT2D eigenvalue weighted by Crippen LogP contribution is -2.40. The monoisotopic (exact) mass is 282 g/mol. The van der Waals surface area contributed by atoms with Crippen LogP contribution >= 0.6 is 0 Å². The smallest absolute Gasteiger partial charge is 0.303 e. The largest absolute Gasteiger partial charge is 0.481 e. The van der Waals surface area contributed by atoms with Crippen molar-refractivity contribution in [2.45, 2.75) is 51.5 Å². The van der Waals surface area contributed by atoms with Crippen LogP contribution in [0.1, 0.15) is 45.4 Å².